The van der Waals surface area contributed by atoms with E-state index in [-0.39, 0.29) is 53.0 Å². The summed E-state index contributed by atoms with van der Waals surface area (Å²) in [6.45, 7) is 5.46. The summed E-state index contributed by atoms with van der Waals surface area (Å²) in [4.78, 5) is 74.2. The molecule has 0 bridgehead atoms. The molecule has 50 heavy (non-hydrogen) atoms. The lowest BCUT2D eigenvalue weighted by molar-refractivity contribution is 0.0526. The van der Waals surface area contributed by atoms with E-state index in [1.54, 1.807) is 61.8 Å². The van der Waals surface area contributed by atoms with Crippen LogP contribution in [-0.4, -0.2) is 66.1 Å². The number of amides is 3. The van der Waals surface area contributed by atoms with E-state index in [4.69, 9.17) is 4.74 Å². The molecule has 4 aromatic heterocycles. The van der Waals surface area contributed by atoms with E-state index in [0.717, 1.165) is 16.8 Å². The Kier molecular flexibility index (Phi) is 9.48. The van der Waals surface area contributed by atoms with E-state index in [1.807, 2.05) is 12.1 Å². The zero-order valence-corrected chi connectivity index (χ0v) is 27.8. The van der Waals surface area contributed by atoms with Gasteiger partial charge in [-0.25, -0.2) is 28.5 Å². The zero-order chi connectivity index (χ0) is 35.6. The zero-order valence-electron chi connectivity index (χ0n) is 27.8. The van der Waals surface area contributed by atoms with Crippen LogP contribution in [0.3, 0.4) is 0 Å². The van der Waals surface area contributed by atoms with Crippen molar-refractivity contribution in [2.45, 2.75) is 64.1 Å². The van der Waals surface area contributed by atoms with E-state index in [2.05, 4.69) is 25.9 Å². The number of nitrogens with one attached hydrogen (secondary N) is 3. The first kappa shape index (κ1) is 34.0. The maximum absolute atomic E-state index is 14.4. The number of ether oxygens (including phenoxy) is 1. The number of fused-ring (bicyclic) bond motifs is 2. The lowest BCUT2D eigenvalue weighted by atomic mass is 9.90. The molecule has 1 aromatic carbocycles. The molecule has 0 unspecified atom stereocenters. The largest absolute Gasteiger partial charge is 0.444 e. The summed E-state index contributed by atoms with van der Waals surface area (Å²) in [5.74, 6) is -1.52. The van der Waals surface area contributed by atoms with Gasteiger partial charge in [0, 0.05) is 43.1 Å². The van der Waals surface area contributed by atoms with Crippen molar-refractivity contribution in [2.75, 3.05) is 13.1 Å². The van der Waals surface area contributed by atoms with E-state index in [9.17, 15) is 28.4 Å². The third kappa shape index (κ3) is 7.41. The minimum atomic E-state index is -0.738. The molecule has 0 saturated heterocycles. The molecule has 0 aliphatic heterocycles. The number of aromatic nitrogens is 5. The van der Waals surface area contributed by atoms with Crippen LogP contribution >= 0.6 is 0 Å². The van der Waals surface area contributed by atoms with Crippen molar-refractivity contribution in [1.29, 1.82) is 0 Å². The van der Waals surface area contributed by atoms with Gasteiger partial charge in [-0.05, 0) is 82.9 Å². The van der Waals surface area contributed by atoms with Crippen molar-refractivity contribution in [3.8, 4) is 5.69 Å². The van der Waals surface area contributed by atoms with Crippen LogP contribution in [0.1, 0.15) is 73.3 Å². The molecule has 6 rings (SSSR count). The maximum Gasteiger partial charge on any atom is 0.407 e. The fourth-order valence-corrected chi connectivity index (χ4v) is 6.06. The second-order valence-electron chi connectivity index (χ2n) is 13.1. The first-order valence-electron chi connectivity index (χ1n) is 16.3. The molecule has 3 amide bonds. The summed E-state index contributed by atoms with van der Waals surface area (Å²) < 4.78 is 23.7. The van der Waals surface area contributed by atoms with Gasteiger partial charge in [-0.2, -0.15) is 0 Å². The number of benzene rings is 1. The monoisotopic (exact) mass is 684 g/mol. The van der Waals surface area contributed by atoms with E-state index < -0.39 is 40.7 Å². The van der Waals surface area contributed by atoms with Crippen LogP contribution < -0.4 is 27.2 Å². The van der Waals surface area contributed by atoms with Gasteiger partial charge in [0.15, 0.2) is 5.65 Å². The lowest BCUT2D eigenvalue weighted by Gasteiger charge is -2.30. The van der Waals surface area contributed by atoms with Gasteiger partial charge >= 0.3 is 11.8 Å². The fraction of sp³-hybridized carbons (Fsp3) is 0.343. The predicted octanol–water partition coefficient (Wildman–Crippen LogP) is 3.50. The number of nitrogens with zero attached hydrogens (tertiary/aromatic N) is 5. The number of alkyl carbamates (subject to hydrolysis) is 1. The number of halogens is 1. The number of pyridine rings is 2. The van der Waals surface area contributed by atoms with Gasteiger partial charge in [-0.15, -0.1) is 0 Å². The smallest absolute Gasteiger partial charge is 0.407 e. The molecule has 0 radical (unpaired) electrons. The van der Waals surface area contributed by atoms with E-state index in [0.29, 0.717) is 31.3 Å². The molecule has 14 nitrogen and oxygen atoms in total. The lowest BCUT2D eigenvalue weighted by Crippen LogP contribution is -2.45. The van der Waals surface area contributed by atoms with Crippen LogP contribution in [0.25, 0.3) is 22.4 Å². The van der Waals surface area contributed by atoms with Crippen molar-refractivity contribution in [3.63, 3.8) is 0 Å². The molecule has 260 valence electrons. The van der Waals surface area contributed by atoms with Gasteiger partial charge in [-0.1, -0.05) is 12.1 Å². The Balaban J connectivity index is 1.20. The Labute approximate surface area is 285 Å². The average Bonchev–Trinajstić information content (AvgIpc) is 3.52. The molecular formula is C35H37FN8O6. The second-order valence-corrected chi connectivity index (χ2v) is 13.1. The third-order valence-corrected chi connectivity index (χ3v) is 8.33. The SMILES string of the molecule is CC(C)(C)OC(=O)NCCNC(=O)c1cccc(-n2c(=O)n([C@H]3CC[C@@H](NC(=O)c4cn5ccccc5n4)CC3)c(=O)c3cc(F)cnc32)c1. The molecule has 1 aliphatic carbocycles. The van der Waals surface area contributed by atoms with Crippen LogP contribution in [-0.2, 0) is 4.74 Å². The minimum absolute atomic E-state index is 0.0508. The van der Waals surface area contributed by atoms with Gasteiger partial charge < -0.3 is 25.1 Å². The summed E-state index contributed by atoms with van der Waals surface area (Å²) in [6, 6.07) is 12.0. The highest BCUT2D eigenvalue weighted by atomic mass is 19.1. The summed E-state index contributed by atoms with van der Waals surface area (Å²) in [6.07, 6.45) is 5.57. The van der Waals surface area contributed by atoms with Crippen LogP contribution in [0.4, 0.5) is 9.18 Å². The number of hydrogen-bond acceptors (Lipinski definition) is 8. The van der Waals surface area contributed by atoms with Crippen LogP contribution in [0.15, 0.2) is 76.7 Å². The van der Waals surface area contributed by atoms with Crippen molar-refractivity contribution in [2.24, 2.45) is 0 Å². The van der Waals surface area contributed by atoms with Gasteiger partial charge in [0.1, 0.15) is 22.8 Å². The van der Waals surface area contributed by atoms with Crippen LogP contribution in [0.5, 0.6) is 0 Å². The summed E-state index contributed by atoms with van der Waals surface area (Å²) >= 11 is 0. The Hall–Kier alpha value is -5.86. The van der Waals surface area contributed by atoms with Crippen LogP contribution in [0.2, 0.25) is 0 Å². The number of hydrogen-bond donors (Lipinski definition) is 3. The van der Waals surface area contributed by atoms with E-state index >= 15 is 0 Å². The standard InChI is InChI=1S/C35H37FN8O6/c1-35(2,3)50-33(48)38-15-14-37-30(45)21-7-6-8-25(17-21)43-29-26(18-22(36)19-39-29)32(47)44(34(43)49)24-12-10-23(11-13-24)40-31(46)27-20-42-16-5-4-9-28(42)41-27/h4-9,16-20,23-24H,10-15H2,1-3H3,(H,37,45)(H,38,48)(H,40,46)/t23-,24+. The number of carbonyl (C=O) groups is 3. The summed E-state index contributed by atoms with van der Waals surface area (Å²) in [7, 11) is 0. The molecule has 1 saturated carbocycles. The highest BCUT2D eigenvalue weighted by molar-refractivity contribution is 5.95. The average molecular weight is 685 g/mol. The molecule has 4 heterocycles. The van der Waals surface area contributed by atoms with Crippen molar-refractivity contribution >= 4 is 34.6 Å². The Morgan fingerprint density at radius 2 is 1.72 bits per heavy atom. The van der Waals surface area contributed by atoms with Crippen LogP contribution in [0, 0.1) is 5.82 Å². The molecule has 3 N–H and O–H groups in total. The molecule has 15 heteroatoms. The van der Waals surface area contributed by atoms with Crippen molar-refractivity contribution in [3.05, 3.63) is 105 Å². The normalized spacial score (nSPS) is 16.2. The number of carbonyl (C=O) groups excluding carboxylic acids is 3. The summed E-state index contributed by atoms with van der Waals surface area (Å²) in [5.41, 5.74) is -0.664. The van der Waals surface area contributed by atoms with Gasteiger partial charge in [0.25, 0.3) is 17.4 Å². The van der Waals surface area contributed by atoms with Crippen molar-refractivity contribution < 1.29 is 23.5 Å². The number of rotatable bonds is 8. The quantitative estimate of drug-likeness (QED) is 0.209. The van der Waals surface area contributed by atoms with Gasteiger partial charge in [-0.3, -0.25) is 19.0 Å². The predicted molar refractivity (Wildman–Crippen MR) is 182 cm³/mol. The first-order valence-corrected chi connectivity index (χ1v) is 16.3. The fourth-order valence-electron chi connectivity index (χ4n) is 6.06. The Bertz CT molecular complexity index is 2180. The Morgan fingerprint density at radius 1 is 0.960 bits per heavy atom. The molecule has 0 atom stereocenters. The second kappa shape index (κ2) is 13.9. The van der Waals surface area contributed by atoms with Gasteiger partial charge in [0.2, 0.25) is 0 Å². The minimum Gasteiger partial charge on any atom is -0.444 e. The topological polar surface area (TPSA) is 171 Å². The maximum atomic E-state index is 14.4. The first-order chi connectivity index (χ1) is 23.9. The number of imidazole rings is 1. The molecule has 1 fully saturated rings. The summed E-state index contributed by atoms with van der Waals surface area (Å²) in [5, 5.41) is 8.20. The molecule has 5 aromatic rings. The highest BCUT2D eigenvalue weighted by Gasteiger charge is 2.29. The Morgan fingerprint density at radius 3 is 2.46 bits per heavy atom. The molecule has 0 spiro atoms. The van der Waals surface area contributed by atoms with Crippen molar-refractivity contribution in [1.82, 2.24) is 39.5 Å². The molecule has 1 aliphatic rings. The highest BCUT2D eigenvalue weighted by Crippen LogP contribution is 2.28. The third-order valence-electron chi connectivity index (χ3n) is 8.33. The van der Waals surface area contributed by atoms with E-state index in [1.165, 1.54) is 10.6 Å². The van der Waals surface area contributed by atoms with Gasteiger partial charge in [0.05, 0.1) is 17.3 Å². The molecular weight excluding hydrogens is 647 g/mol.